The quantitative estimate of drug-likeness (QED) is 0.515. The lowest BCUT2D eigenvalue weighted by Gasteiger charge is -2.35. The van der Waals surface area contributed by atoms with Gasteiger partial charge in [-0.05, 0) is 87.6 Å². The van der Waals surface area contributed by atoms with Gasteiger partial charge in [-0.1, -0.05) is 0 Å². The van der Waals surface area contributed by atoms with Crippen LogP contribution in [0.15, 0.2) is 18.2 Å². The Kier molecular flexibility index (Phi) is 6.14. The Morgan fingerprint density at radius 2 is 1.73 bits per heavy atom. The van der Waals surface area contributed by atoms with E-state index in [9.17, 15) is 23.9 Å². The van der Waals surface area contributed by atoms with Crippen molar-refractivity contribution in [1.82, 2.24) is 4.57 Å². The number of halogens is 1. The summed E-state index contributed by atoms with van der Waals surface area (Å²) in [4.78, 5) is 41.1. The van der Waals surface area contributed by atoms with Crippen molar-refractivity contribution >= 4 is 23.3 Å². The number of aliphatic hydroxyl groups excluding tert-OH is 1. The van der Waals surface area contributed by atoms with Crippen LogP contribution in [0, 0.1) is 19.7 Å². The number of anilines is 1. The molecule has 2 aromatic rings. The molecule has 0 bridgehead atoms. The van der Waals surface area contributed by atoms with E-state index in [-0.39, 0.29) is 17.7 Å². The van der Waals surface area contributed by atoms with E-state index in [1.807, 2.05) is 0 Å². The molecular weight excluding hydrogens is 425 g/mol. The molecule has 0 aliphatic heterocycles. The second-order valence-electron chi connectivity index (χ2n) is 9.32. The number of primary amides is 1. The van der Waals surface area contributed by atoms with Crippen molar-refractivity contribution in [2.45, 2.75) is 70.4 Å². The van der Waals surface area contributed by atoms with Crippen LogP contribution in [-0.4, -0.2) is 39.4 Å². The lowest BCUT2D eigenvalue weighted by molar-refractivity contribution is -0.115. The third-order valence-electron chi connectivity index (χ3n) is 7.04. The molecule has 0 radical (unpaired) electrons. The van der Waals surface area contributed by atoms with Crippen molar-refractivity contribution in [3.8, 4) is 0 Å². The van der Waals surface area contributed by atoms with Gasteiger partial charge in [0, 0.05) is 24.5 Å². The van der Waals surface area contributed by atoms with Crippen molar-refractivity contribution in [2.75, 3.05) is 4.90 Å². The number of aromatic nitrogens is 1. The smallest absolute Gasteiger partial charge is 0.301 e. The van der Waals surface area contributed by atoms with Crippen LogP contribution >= 0.6 is 0 Å². The minimum atomic E-state index is -0.721. The SMILES string of the molecule is Cc1cc(N(C(=O)C(=O)c2c(C3CC3)c(C(N)=O)c(C)n2C)C2CCC(O)CC2)ccc1F. The number of rotatable bonds is 6. The van der Waals surface area contributed by atoms with E-state index in [1.54, 1.807) is 31.5 Å². The Morgan fingerprint density at radius 1 is 1.09 bits per heavy atom. The van der Waals surface area contributed by atoms with Crippen LogP contribution in [0.5, 0.6) is 0 Å². The number of aliphatic hydroxyl groups is 1. The summed E-state index contributed by atoms with van der Waals surface area (Å²) in [6.45, 7) is 3.33. The van der Waals surface area contributed by atoms with Gasteiger partial charge in [-0.15, -0.1) is 0 Å². The molecule has 2 saturated carbocycles. The zero-order valence-electron chi connectivity index (χ0n) is 19.2. The fraction of sp³-hybridized carbons (Fsp3) is 0.480. The molecule has 3 N–H and O–H groups in total. The molecule has 176 valence electrons. The molecular formula is C25H30FN3O4. The van der Waals surface area contributed by atoms with Gasteiger partial charge in [-0.3, -0.25) is 14.4 Å². The van der Waals surface area contributed by atoms with E-state index in [0.29, 0.717) is 53.8 Å². The maximum atomic E-state index is 14.0. The molecule has 2 aliphatic carbocycles. The summed E-state index contributed by atoms with van der Waals surface area (Å²) in [6, 6.07) is 4.07. The van der Waals surface area contributed by atoms with E-state index in [1.165, 1.54) is 17.0 Å². The van der Waals surface area contributed by atoms with E-state index < -0.39 is 29.5 Å². The third kappa shape index (κ3) is 4.19. The van der Waals surface area contributed by atoms with E-state index in [2.05, 4.69) is 0 Å². The Bertz CT molecular complexity index is 1130. The van der Waals surface area contributed by atoms with Crippen LogP contribution in [0.3, 0.4) is 0 Å². The fourth-order valence-electron chi connectivity index (χ4n) is 4.98. The van der Waals surface area contributed by atoms with Crippen molar-refractivity contribution in [2.24, 2.45) is 12.8 Å². The summed E-state index contributed by atoms with van der Waals surface area (Å²) >= 11 is 0. The molecule has 0 unspecified atom stereocenters. The van der Waals surface area contributed by atoms with Crippen LogP contribution < -0.4 is 10.6 Å². The highest BCUT2D eigenvalue weighted by atomic mass is 19.1. The summed E-state index contributed by atoms with van der Waals surface area (Å²) < 4.78 is 15.5. The molecule has 7 nitrogen and oxygen atoms in total. The summed E-state index contributed by atoms with van der Waals surface area (Å²) in [6.07, 6.45) is 3.34. The predicted octanol–water partition coefficient (Wildman–Crippen LogP) is 3.28. The highest BCUT2D eigenvalue weighted by Gasteiger charge is 2.40. The lowest BCUT2D eigenvalue weighted by atomic mass is 9.91. The third-order valence-corrected chi connectivity index (χ3v) is 7.04. The molecule has 8 heteroatoms. The monoisotopic (exact) mass is 455 g/mol. The number of benzene rings is 1. The molecule has 2 fully saturated rings. The summed E-state index contributed by atoms with van der Waals surface area (Å²) in [5.74, 6) is -2.39. The van der Waals surface area contributed by atoms with Gasteiger partial charge < -0.3 is 20.3 Å². The number of nitrogens with two attached hydrogens (primary N) is 1. The van der Waals surface area contributed by atoms with Gasteiger partial charge in [0.2, 0.25) is 0 Å². The number of aryl methyl sites for hydroxylation is 1. The summed E-state index contributed by atoms with van der Waals surface area (Å²) in [7, 11) is 1.66. The van der Waals surface area contributed by atoms with Crippen LogP contribution in [-0.2, 0) is 11.8 Å². The van der Waals surface area contributed by atoms with E-state index in [4.69, 9.17) is 5.73 Å². The standard InChI is InChI=1S/C25H30FN3O4/c1-13-12-17(8-11-19(13)26)29(16-6-9-18(30)10-7-16)25(33)23(31)22-21(15-4-5-15)20(24(27)32)14(2)28(22)3/h8,11-12,15-16,18,30H,4-7,9-10H2,1-3H3,(H2,27,32). The number of amides is 2. The number of nitrogens with zero attached hydrogens (tertiary/aromatic N) is 2. The number of hydrogen-bond donors (Lipinski definition) is 2. The molecule has 0 spiro atoms. The van der Waals surface area contributed by atoms with Gasteiger partial charge in [-0.2, -0.15) is 0 Å². The Labute approximate surface area is 192 Å². The Balaban J connectivity index is 1.78. The first-order valence-corrected chi connectivity index (χ1v) is 11.4. The number of hydrogen-bond acceptors (Lipinski definition) is 4. The lowest BCUT2D eigenvalue weighted by Crippen LogP contribution is -2.47. The second-order valence-corrected chi connectivity index (χ2v) is 9.32. The number of Topliss-reactive ketones (excluding diaryl/α,β-unsaturated/α-hetero) is 1. The maximum Gasteiger partial charge on any atom is 0.301 e. The zero-order chi connectivity index (χ0) is 24.0. The number of carbonyl (C=O) groups is 3. The van der Waals surface area contributed by atoms with Gasteiger partial charge in [0.1, 0.15) is 5.82 Å². The van der Waals surface area contributed by atoms with Crippen LogP contribution in [0.4, 0.5) is 10.1 Å². The Hall–Kier alpha value is -3.00. The fourth-order valence-corrected chi connectivity index (χ4v) is 4.98. The molecule has 2 amide bonds. The minimum Gasteiger partial charge on any atom is -0.393 e. The van der Waals surface area contributed by atoms with Crippen LogP contribution in [0.25, 0.3) is 0 Å². The van der Waals surface area contributed by atoms with Crippen molar-refractivity contribution in [3.05, 3.63) is 52.1 Å². The highest BCUT2D eigenvalue weighted by Crippen LogP contribution is 2.45. The first-order valence-electron chi connectivity index (χ1n) is 11.4. The van der Waals surface area contributed by atoms with Gasteiger partial charge in [-0.25, -0.2) is 4.39 Å². The van der Waals surface area contributed by atoms with E-state index >= 15 is 0 Å². The molecule has 0 saturated heterocycles. The van der Waals surface area contributed by atoms with Crippen LogP contribution in [0.1, 0.15) is 82.1 Å². The van der Waals surface area contributed by atoms with Gasteiger partial charge in [0.05, 0.1) is 17.4 Å². The summed E-state index contributed by atoms with van der Waals surface area (Å²) in [5.41, 5.74) is 8.10. The Morgan fingerprint density at radius 3 is 2.27 bits per heavy atom. The largest absolute Gasteiger partial charge is 0.393 e. The highest BCUT2D eigenvalue weighted by molar-refractivity contribution is 6.47. The van der Waals surface area contributed by atoms with Crippen LogP contribution in [0.2, 0.25) is 0 Å². The first kappa shape index (κ1) is 23.2. The van der Waals surface area contributed by atoms with Crippen molar-refractivity contribution < 1.29 is 23.9 Å². The first-order chi connectivity index (χ1) is 15.6. The molecule has 1 aromatic carbocycles. The molecule has 1 aromatic heterocycles. The summed E-state index contributed by atoms with van der Waals surface area (Å²) in [5, 5.41) is 9.94. The van der Waals surface area contributed by atoms with Crippen molar-refractivity contribution in [1.29, 1.82) is 0 Å². The average Bonchev–Trinajstić information content (AvgIpc) is 3.57. The predicted molar refractivity (Wildman–Crippen MR) is 122 cm³/mol. The van der Waals surface area contributed by atoms with Gasteiger partial charge in [0.15, 0.2) is 0 Å². The van der Waals surface area contributed by atoms with Gasteiger partial charge >= 0.3 is 5.91 Å². The van der Waals surface area contributed by atoms with Gasteiger partial charge in [0.25, 0.3) is 11.7 Å². The molecule has 4 rings (SSSR count). The molecule has 2 aliphatic rings. The van der Waals surface area contributed by atoms with E-state index in [0.717, 1.165) is 12.8 Å². The second kappa shape index (κ2) is 8.74. The topological polar surface area (TPSA) is 106 Å². The average molecular weight is 456 g/mol. The maximum absolute atomic E-state index is 14.0. The molecule has 1 heterocycles. The minimum absolute atomic E-state index is 0.0329. The number of ketones is 1. The number of carbonyl (C=O) groups excluding carboxylic acids is 3. The van der Waals surface area contributed by atoms with Crippen molar-refractivity contribution in [3.63, 3.8) is 0 Å². The molecule has 0 atom stereocenters. The molecule has 33 heavy (non-hydrogen) atoms. The normalized spacial score (nSPS) is 20.5. The zero-order valence-corrected chi connectivity index (χ0v) is 19.2.